The molecule has 3 aromatic rings. The standard InChI is InChI=1S/C23H26N4O2S/c1-15-20(22-11-16-5-3-4-6-17(16)13-25-22)12-21(15)26-23-19-8-10-27(30(2,28)29)14-18(19)7-9-24-23/h3-7,9,11,13,15,20-21H,8,10,12,14H2,1-2H3,(H,24,26)/t15-,20?,21?/m1/s1. The Morgan fingerprint density at radius 2 is 1.93 bits per heavy atom. The number of hydrogen-bond acceptors (Lipinski definition) is 5. The van der Waals surface area contributed by atoms with E-state index in [1.807, 2.05) is 18.3 Å². The van der Waals surface area contributed by atoms with E-state index < -0.39 is 10.0 Å². The van der Waals surface area contributed by atoms with Crippen molar-refractivity contribution in [1.82, 2.24) is 14.3 Å². The molecule has 2 unspecified atom stereocenters. The quantitative estimate of drug-likeness (QED) is 0.696. The number of nitrogens with zero attached hydrogens (tertiary/aromatic N) is 3. The Morgan fingerprint density at radius 1 is 1.13 bits per heavy atom. The van der Waals surface area contributed by atoms with Crippen LogP contribution < -0.4 is 5.32 Å². The second-order valence-corrected chi connectivity index (χ2v) is 10.5. The Morgan fingerprint density at radius 3 is 2.70 bits per heavy atom. The first-order valence-corrected chi connectivity index (χ1v) is 12.3. The van der Waals surface area contributed by atoms with Crippen LogP contribution in [0.15, 0.2) is 48.8 Å². The molecular formula is C23H26N4O2S. The van der Waals surface area contributed by atoms with E-state index in [0.717, 1.165) is 29.1 Å². The second kappa shape index (κ2) is 7.32. The fraction of sp³-hybridized carbons (Fsp3) is 0.391. The van der Waals surface area contributed by atoms with Crippen LogP contribution >= 0.6 is 0 Å². The summed E-state index contributed by atoms with van der Waals surface area (Å²) in [7, 11) is -3.17. The Hall–Kier alpha value is -2.51. The van der Waals surface area contributed by atoms with E-state index in [1.165, 1.54) is 21.3 Å². The summed E-state index contributed by atoms with van der Waals surface area (Å²) in [6.07, 6.45) is 6.73. The molecule has 6 nitrogen and oxygen atoms in total. The first kappa shape index (κ1) is 19.5. The van der Waals surface area contributed by atoms with Gasteiger partial charge in [-0.25, -0.2) is 13.4 Å². The minimum absolute atomic E-state index is 0.343. The molecule has 0 radical (unpaired) electrons. The average Bonchev–Trinajstić information content (AvgIpc) is 2.74. The molecule has 0 saturated heterocycles. The van der Waals surface area contributed by atoms with Gasteiger partial charge in [0.15, 0.2) is 0 Å². The number of nitrogens with one attached hydrogen (secondary N) is 1. The Bertz CT molecular complexity index is 1210. The van der Waals surface area contributed by atoms with Gasteiger partial charge in [0.2, 0.25) is 10.0 Å². The van der Waals surface area contributed by atoms with Gasteiger partial charge in [-0.3, -0.25) is 4.98 Å². The van der Waals surface area contributed by atoms with Crippen LogP contribution in [0.3, 0.4) is 0 Å². The minimum Gasteiger partial charge on any atom is -0.367 e. The summed E-state index contributed by atoms with van der Waals surface area (Å²) >= 11 is 0. The van der Waals surface area contributed by atoms with Crippen LogP contribution in [0.25, 0.3) is 10.8 Å². The van der Waals surface area contributed by atoms with Crippen LogP contribution in [0.1, 0.15) is 36.1 Å². The smallest absolute Gasteiger partial charge is 0.211 e. The summed E-state index contributed by atoms with van der Waals surface area (Å²) in [6, 6.07) is 12.8. The normalized spacial score (nSPS) is 24.3. The molecule has 1 aromatic carbocycles. The molecule has 0 spiro atoms. The highest BCUT2D eigenvalue weighted by molar-refractivity contribution is 7.88. The van der Waals surface area contributed by atoms with Gasteiger partial charge in [0.25, 0.3) is 0 Å². The van der Waals surface area contributed by atoms with Gasteiger partial charge in [0.1, 0.15) is 5.82 Å². The first-order chi connectivity index (χ1) is 14.4. The monoisotopic (exact) mass is 422 g/mol. The van der Waals surface area contributed by atoms with Crippen molar-refractivity contribution in [2.75, 3.05) is 18.1 Å². The maximum atomic E-state index is 11.9. The Labute approximate surface area is 177 Å². The highest BCUT2D eigenvalue weighted by Crippen LogP contribution is 2.44. The van der Waals surface area contributed by atoms with Crippen LogP contribution in [-0.4, -0.2) is 41.5 Å². The molecule has 5 rings (SSSR count). The lowest BCUT2D eigenvalue weighted by atomic mass is 9.68. The van der Waals surface area contributed by atoms with E-state index in [0.29, 0.717) is 37.4 Å². The largest absolute Gasteiger partial charge is 0.367 e. The van der Waals surface area contributed by atoms with Gasteiger partial charge in [0, 0.05) is 54.1 Å². The minimum atomic E-state index is -3.17. The molecule has 7 heteroatoms. The van der Waals surface area contributed by atoms with Crippen LogP contribution in [-0.2, 0) is 23.0 Å². The molecule has 1 aliphatic carbocycles. The number of benzene rings is 1. The summed E-state index contributed by atoms with van der Waals surface area (Å²) < 4.78 is 25.3. The van der Waals surface area contributed by atoms with Gasteiger partial charge >= 0.3 is 0 Å². The third kappa shape index (κ3) is 3.46. The number of hydrogen-bond donors (Lipinski definition) is 1. The van der Waals surface area contributed by atoms with Gasteiger partial charge < -0.3 is 5.32 Å². The summed E-state index contributed by atoms with van der Waals surface area (Å²) in [5, 5.41) is 6.05. The lowest BCUT2D eigenvalue weighted by molar-refractivity contribution is 0.240. The number of aromatic nitrogens is 2. The van der Waals surface area contributed by atoms with Crippen LogP contribution in [0.2, 0.25) is 0 Å². The zero-order valence-electron chi connectivity index (χ0n) is 17.2. The molecule has 3 atom stereocenters. The number of fused-ring (bicyclic) bond motifs is 2. The van der Waals surface area contributed by atoms with E-state index in [-0.39, 0.29) is 0 Å². The van der Waals surface area contributed by atoms with Gasteiger partial charge in [-0.05, 0) is 41.8 Å². The topological polar surface area (TPSA) is 75.2 Å². The molecule has 2 aliphatic rings. The number of rotatable bonds is 4. The van der Waals surface area contributed by atoms with Crippen molar-refractivity contribution in [2.24, 2.45) is 5.92 Å². The first-order valence-electron chi connectivity index (χ1n) is 10.4. The van der Waals surface area contributed by atoms with E-state index in [1.54, 1.807) is 6.20 Å². The maximum Gasteiger partial charge on any atom is 0.211 e. The highest BCUT2D eigenvalue weighted by Gasteiger charge is 2.40. The molecule has 2 aromatic heterocycles. The summed E-state index contributed by atoms with van der Waals surface area (Å²) in [5.41, 5.74) is 3.35. The molecule has 0 bridgehead atoms. The molecule has 3 heterocycles. The van der Waals surface area contributed by atoms with E-state index in [2.05, 4.69) is 41.5 Å². The predicted octanol–water partition coefficient (Wildman–Crippen LogP) is 3.55. The molecule has 1 aliphatic heterocycles. The van der Waals surface area contributed by atoms with Crippen molar-refractivity contribution < 1.29 is 8.42 Å². The van der Waals surface area contributed by atoms with Gasteiger partial charge in [-0.15, -0.1) is 0 Å². The zero-order valence-corrected chi connectivity index (χ0v) is 18.1. The van der Waals surface area contributed by atoms with E-state index in [4.69, 9.17) is 4.98 Å². The third-order valence-electron chi connectivity index (χ3n) is 6.71. The summed E-state index contributed by atoms with van der Waals surface area (Å²) in [6.45, 7) is 3.20. The average molecular weight is 423 g/mol. The van der Waals surface area contributed by atoms with Crippen molar-refractivity contribution in [1.29, 1.82) is 0 Å². The fourth-order valence-electron chi connectivity index (χ4n) is 4.72. The van der Waals surface area contributed by atoms with Crippen LogP contribution in [0, 0.1) is 5.92 Å². The Balaban J connectivity index is 1.31. The Kier molecular flexibility index (Phi) is 4.75. The second-order valence-electron chi connectivity index (χ2n) is 8.55. The van der Waals surface area contributed by atoms with Crippen molar-refractivity contribution in [3.05, 3.63) is 65.6 Å². The van der Waals surface area contributed by atoms with E-state index in [9.17, 15) is 8.42 Å². The molecule has 1 fully saturated rings. The fourth-order valence-corrected chi connectivity index (χ4v) is 5.52. The van der Waals surface area contributed by atoms with Gasteiger partial charge in [-0.2, -0.15) is 4.31 Å². The van der Waals surface area contributed by atoms with Crippen LogP contribution in [0.5, 0.6) is 0 Å². The number of pyridine rings is 2. The van der Waals surface area contributed by atoms with Crippen molar-refractivity contribution in [3.63, 3.8) is 0 Å². The molecule has 30 heavy (non-hydrogen) atoms. The van der Waals surface area contributed by atoms with Crippen LogP contribution in [0.4, 0.5) is 5.82 Å². The zero-order chi connectivity index (χ0) is 20.9. The highest BCUT2D eigenvalue weighted by atomic mass is 32.2. The summed E-state index contributed by atoms with van der Waals surface area (Å²) in [5.74, 6) is 1.79. The van der Waals surface area contributed by atoms with Crippen molar-refractivity contribution in [3.8, 4) is 0 Å². The molecular weight excluding hydrogens is 396 g/mol. The SMILES string of the molecule is C[C@H]1C(Nc2nccc3c2CCN(S(C)(=O)=O)C3)CC1c1cc2ccccc2cn1. The molecule has 1 saturated carbocycles. The lowest BCUT2D eigenvalue weighted by Gasteiger charge is -2.43. The van der Waals surface area contributed by atoms with Gasteiger partial charge in [0.05, 0.1) is 6.26 Å². The predicted molar refractivity (Wildman–Crippen MR) is 119 cm³/mol. The van der Waals surface area contributed by atoms with Gasteiger partial charge in [-0.1, -0.05) is 31.2 Å². The lowest BCUT2D eigenvalue weighted by Crippen LogP contribution is -2.44. The maximum absolute atomic E-state index is 11.9. The van der Waals surface area contributed by atoms with Crippen molar-refractivity contribution >= 4 is 26.6 Å². The molecule has 156 valence electrons. The molecule has 0 amide bonds. The number of anilines is 1. The van der Waals surface area contributed by atoms with Crippen molar-refractivity contribution in [2.45, 2.75) is 38.3 Å². The molecule has 1 N–H and O–H groups in total. The third-order valence-corrected chi connectivity index (χ3v) is 7.96. The summed E-state index contributed by atoms with van der Waals surface area (Å²) in [4.78, 5) is 9.30. The number of sulfonamides is 1. The van der Waals surface area contributed by atoms with E-state index >= 15 is 0 Å².